The number of hydrogen-bond acceptors (Lipinski definition) is 6. The maximum absolute atomic E-state index is 12.8. The van der Waals surface area contributed by atoms with Crippen molar-refractivity contribution in [1.82, 2.24) is 0 Å². The summed E-state index contributed by atoms with van der Waals surface area (Å²) >= 11 is 11.8. The van der Waals surface area contributed by atoms with Crippen LogP contribution in [0.5, 0.6) is 0 Å². The van der Waals surface area contributed by atoms with Gasteiger partial charge in [-0.25, -0.2) is 16.8 Å². The van der Waals surface area contributed by atoms with Crippen LogP contribution in [-0.4, -0.2) is 45.9 Å². The molecule has 31 heavy (non-hydrogen) atoms. The van der Waals surface area contributed by atoms with Gasteiger partial charge in [0.15, 0.2) is 9.84 Å². The highest BCUT2D eigenvalue weighted by Gasteiger charge is 2.55. The number of aliphatic hydroxyl groups is 1. The lowest BCUT2D eigenvalue weighted by atomic mass is 10.1. The van der Waals surface area contributed by atoms with Crippen LogP contribution in [0.3, 0.4) is 0 Å². The molecule has 0 aliphatic carbocycles. The standard InChI is InChI=1S/C17H14Cl2F3NO6S2/c1-16(25,17(20,21)22)15(24)23-13-5-3-9(7-11(13)18)31(28,29)10-4-6-14(12(19)8-10)30(2,26)27/h3-8,25H,1-2H3,(H,23,24). The lowest BCUT2D eigenvalue weighted by Gasteiger charge is -2.25. The first-order valence-electron chi connectivity index (χ1n) is 8.04. The molecule has 1 atom stereocenters. The molecule has 2 aromatic carbocycles. The van der Waals surface area contributed by atoms with Crippen LogP contribution >= 0.6 is 23.2 Å². The summed E-state index contributed by atoms with van der Waals surface area (Å²) in [6, 6.07) is 5.72. The molecule has 0 radical (unpaired) electrons. The minimum atomic E-state index is -5.26. The quantitative estimate of drug-likeness (QED) is 0.624. The summed E-state index contributed by atoms with van der Waals surface area (Å²) in [4.78, 5) is 10.7. The molecular weight excluding hydrogens is 506 g/mol. The summed E-state index contributed by atoms with van der Waals surface area (Å²) in [5.74, 6) is -1.82. The first kappa shape index (κ1) is 25.4. The maximum Gasteiger partial charge on any atom is 0.426 e. The zero-order valence-corrected chi connectivity index (χ0v) is 18.8. The van der Waals surface area contributed by atoms with E-state index in [1.165, 1.54) is 0 Å². The summed E-state index contributed by atoms with van der Waals surface area (Å²) in [6.07, 6.45) is -4.37. The highest BCUT2D eigenvalue weighted by Crippen LogP contribution is 2.34. The number of sulfone groups is 2. The molecule has 0 heterocycles. The molecule has 170 valence electrons. The van der Waals surface area contributed by atoms with Gasteiger partial charge in [-0.2, -0.15) is 13.2 Å². The van der Waals surface area contributed by atoms with Crippen molar-refractivity contribution >= 4 is 54.5 Å². The Kier molecular flexibility index (Phi) is 6.76. The van der Waals surface area contributed by atoms with Gasteiger partial charge in [0.25, 0.3) is 5.91 Å². The zero-order valence-electron chi connectivity index (χ0n) is 15.7. The van der Waals surface area contributed by atoms with Crippen molar-refractivity contribution in [3.63, 3.8) is 0 Å². The van der Waals surface area contributed by atoms with Gasteiger partial charge in [0.05, 0.1) is 30.4 Å². The number of carbonyl (C=O) groups is 1. The minimum Gasteiger partial charge on any atom is -0.373 e. The van der Waals surface area contributed by atoms with Gasteiger partial charge >= 0.3 is 6.18 Å². The Morgan fingerprint density at radius 3 is 1.87 bits per heavy atom. The molecule has 0 spiro atoms. The third kappa shape index (κ3) is 5.14. The van der Waals surface area contributed by atoms with Crippen molar-refractivity contribution in [1.29, 1.82) is 0 Å². The molecule has 2 N–H and O–H groups in total. The van der Waals surface area contributed by atoms with Crippen molar-refractivity contribution in [2.75, 3.05) is 11.6 Å². The fraction of sp³-hybridized carbons (Fsp3) is 0.235. The van der Waals surface area contributed by atoms with E-state index in [1.54, 1.807) is 5.32 Å². The van der Waals surface area contributed by atoms with Crippen LogP contribution in [0.1, 0.15) is 6.92 Å². The molecule has 0 fully saturated rings. The van der Waals surface area contributed by atoms with Gasteiger partial charge in [-0.05, 0) is 43.3 Å². The van der Waals surface area contributed by atoms with E-state index in [0.717, 1.165) is 42.7 Å². The second-order valence-corrected chi connectivity index (χ2v) is 11.3. The summed E-state index contributed by atoms with van der Waals surface area (Å²) in [5, 5.41) is 10.4. The summed E-state index contributed by atoms with van der Waals surface area (Å²) in [6.45, 7) is 0.249. The molecule has 1 amide bonds. The van der Waals surface area contributed by atoms with E-state index in [-0.39, 0.29) is 27.4 Å². The molecule has 0 aromatic heterocycles. The highest BCUT2D eigenvalue weighted by molar-refractivity contribution is 7.91. The highest BCUT2D eigenvalue weighted by atomic mass is 35.5. The average Bonchev–Trinajstić information content (AvgIpc) is 2.60. The SMILES string of the molecule is CC(O)(C(=O)Nc1ccc(S(=O)(=O)c2ccc(S(C)(=O)=O)c(Cl)c2)cc1Cl)C(F)(F)F. The fourth-order valence-corrected chi connectivity index (χ4v) is 5.22. The number of anilines is 1. The van der Waals surface area contributed by atoms with Crippen LogP contribution in [0.15, 0.2) is 51.1 Å². The summed E-state index contributed by atoms with van der Waals surface area (Å²) in [7, 11) is -7.94. The van der Waals surface area contributed by atoms with Gasteiger partial charge in [-0.1, -0.05) is 23.2 Å². The Hall–Kier alpha value is -1.86. The largest absolute Gasteiger partial charge is 0.426 e. The number of carbonyl (C=O) groups excluding carboxylic acids is 1. The molecule has 0 aliphatic rings. The summed E-state index contributed by atoms with van der Waals surface area (Å²) < 4.78 is 87.1. The Labute approximate surface area is 185 Å². The fourth-order valence-electron chi connectivity index (χ4n) is 2.22. The van der Waals surface area contributed by atoms with Crippen LogP contribution in [0, 0.1) is 0 Å². The van der Waals surface area contributed by atoms with Gasteiger partial charge in [0, 0.05) is 6.26 Å². The monoisotopic (exact) mass is 519 g/mol. The van der Waals surface area contributed by atoms with E-state index in [2.05, 4.69) is 0 Å². The number of alkyl halides is 3. The number of rotatable bonds is 5. The average molecular weight is 520 g/mol. The van der Waals surface area contributed by atoms with Crippen LogP contribution in [0.25, 0.3) is 0 Å². The molecule has 1 unspecified atom stereocenters. The zero-order chi connectivity index (χ0) is 24.0. The molecule has 2 rings (SSSR count). The predicted molar refractivity (Wildman–Crippen MR) is 107 cm³/mol. The van der Waals surface area contributed by atoms with Crippen LogP contribution in [-0.2, 0) is 24.5 Å². The van der Waals surface area contributed by atoms with E-state index < -0.39 is 47.3 Å². The third-order valence-corrected chi connectivity index (χ3v) is 7.75. The van der Waals surface area contributed by atoms with Crippen molar-refractivity contribution in [2.24, 2.45) is 0 Å². The van der Waals surface area contributed by atoms with E-state index in [0.29, 0.717) is 0 Å². The summed E-state index contributed by atoms with van der Waals surface area (Å²) in [5.41, 5.74) is -4.08. The van der Waals surface area contributed by atoms with Crippen molar-refractivity contribution in [3.8, 4) is 0 Å². The van der Waals surface area contributed by atoms with Gasteiger partial charge in [-0.3, -0.25) is 4.79 Å². The smallest absolute Gasteiger partial charge is 0.373 e. The predicted octanol–water partition coefficient (Wildman–Crippen LogP) is 3.48. The number of halogens is 5. The molecule has 7 nitrogen and oxygen atoms in total. The van der Waals surface area contributed by atoms with Crippen LogP contribution in [0.4, 0.5) is 18.9 Å². The third-order valence-electron chi connectivity index (χ3n) is 4.11. The molecule has 0 aliphatic heterocycles. The van der Waals surface area contributed by atoms with Crippen molar-refractivity contribution in [2.45, 2.75) is 33.4 Å². The number of hydrogen-bond donors (Lipinski definition) is 2. The Bertz CT molecular complexity index is 1260. The maximum atomic E-state index is 12.8. The van der Waals surface area contributed by atoms with E-state index in [4.69, 9.17) is 23.2 Å². The number of benzene rings is 2. The first-order valence-corrected chi connectivity index (χ1v) is 12.2. The van der Waals surface area contributed by atoms with E-state index >= 15 is 0 Å². The second-order valence-electron chi connectivity index (χ2n) is 6.53. The normalized spacial score (nSPS) is 14.7. The van der Waals surface area contributed by atoms with Gasteiger partial charge in [0.2, 0.25) is 15.4 Å². The minimum absolute atomic E-state index is 0.249. The number of amides is 1. The molecule has 0 saturated heterocycles. The van der Waals surface area contributed by atoms with Crippen LogP contribution in [0.2, 0.25) is 10.0 Å². The Morgan fingerprint density at radius 1 is 0.968 bits per heavy atom. The van der Waals surface area contributed by atoms with Gasteiger partial charge in [-0.15, -0.1) is 0 Å². The molecule has 0 bridgehead atoms. The van der Waals surface area contributed by atoms with E-state index in [1.807, 2.05) is 0 Å². The topological polar surface area (TPSA) is 118 Å². The van der Waals surface area contributed by atoms with Gasteiger partial charge < -0.3 is 10.4 Å². The lowest BCUT2D eigenvalue weighted by molar-refractivity contribution is -0.242. The molecule has 2 aromatic rings. The lowest BCUT2D eigenvalue weighted by Crippen LogP contribution is -2.52. The van der Waals surface area contributed by atoms with Gasteiger partial charge in [0.1, 0.15) is 0 Å². The van der Waals surface area contributed by atoms with E-state index in [9.17, 15) is 39.9 Å². The molecule has 14 heteroatoms. The first-order chi connectivity index (χ1) is 13.9. The number of nitrogens with one attached hydrogen (secondary N) is 1. The second kappa shape index (κ2) is 8.24. The van der Waals surface area contributed by atoms with Crippen molar-refractivity contribution in [3.05, 3.63) is 46.4 Å². The molecule has 0 saturated carbocycles. The molecular formula is C17H14Cl2F3NO6S2. The van der Waals surface area contributed by atoms with Crippen LogP contribution < -0.4 is 5.32 Å². The Morgan fingerprint density at radius 2 is 1.45 bits per heavy atom. The Balaban J connectivity index is 2.41. The van der Waals surface area contributed by atoms with Crippen molar-refractivity contribution < 1.29 is 39.9 Å².